The van der Waals surface area contributed by atoms with Gasteiger partial charge in [-0.3, -0.25) is 19.2 Å². The number of nitrogens with two attached hydrogens (primary N) is 1. The van der Waals surface area contributed by atoms with E-state index in [0.29, 0.717) is 38.3 Å². The summed E-state index contributed by atoms with van der Waals surface area (Å²) in [4.78, 5) is 41.3. The van der Waals surface area contributed by atoms with Crippen LogP contribution in [0.3, 0.4) is 0 Å². The zero-order chi connectivity index (χ0) is 22.6. The van der Waals surface area contributed by atoms with Gasteiger partial charge < -0.3 is 16.0 Å². The molecule has 0 aliphatic heterocycles. The van der Waals surface area contributed by atoms with Gasteiger partial charge in [-0.15, -0.1) is 0 Å². The SMILES string of the molecule is CC(C)CC(C)(CC(C(=O)NC(C)C)C(C)C)C(=O)NCCCNC(=O)CON. The average Bonchev–Trinajstić information content (AvgIpc) is 2.57. The first kappa shape index (κ1) is 27.3. The first-order valence-electron chi connectivity index (χ1n) is 10.6. The van der Waals surface area contributed by atoms with Crippen molar-refractivity contribution in [2.45, 2.75) is 73.8 Å². The summed E-state index contributed by atoms with van der Waals surface area (Å²) in [5.41, 5.74) is -0.645. The number of hydrogen-bond acceptors (Lipinski definition) is 5. The molecule has 29 heavy (non-hydrogen) atoms. The van der Waals surface area contributed by atoms with Crippen LogP contribution in [0.1, 0.15) is 67.7 Å². The third-order valence-corrected chi connectivity index (χ3v) is 4.83. The van der Waals surface area contributed by atoms with Crippen molar-refractivity contribution in [2.75, 3.05) is 19.7 Å². The maximum absolute atomic E-state index is 13.0. The number of hydrogen-bond donors (Lipinski definition) is 4. The second-order valence-corrected chi connectivity index (χ2v) is 9.15. The van der Waals surface area contributed by atoms with Crippen LogP contribution in [0, 0.1) is 23.2 Å². The summed E-state index contributed by atoms with van der Waals surface area (Å²) in [5.74, 6) is 4.73. The molecule has 0 aromatic rings. The third kappa shape index (κ3) is 11.2. The van der Waals surface area contributed by atoms with Gasteiger partial charge in [0.2, 0.25) is 17.7 Å². The Labute approximate surface area is 176 Å². The van der Waals surface area contributed by atoms with Gasteiger partial charge in [-0.1, -0.05) is 34.6 Å². The molecule has 0 bridgehead atoms. The summed E-state index contributed by atoms with van der Waals surface area (Å²) in [7, 11) is 0. The van der Waals surface area contributed by atoms with E-state index in [-0.39, 0.29) is 42.2 Å². The van der Waals surface area contributed by atoms with Crippen LogP contribution >= 0.6 is 0 Å². The highest BCUT2D eigenvalue weighted by molar-refractivity contribution is 5.84. The summed E-state index contributed by atoms with van der Waals surface area (Å²) in [5, 5.41) is 8.63. The van der Waals surface area contributed by atoms with E-state index in [1.807, 2.05) is 34.6 Å². The van der Waals surface area contributed by atoms with Gasteiger partial charge in [0, 0.05) is 30.5 Å². The summed E-state index contributed by atoms with van der Waals surface area (Å²) in [6.45, 7) is 14.7. The zero-order valence-electron chi connectivity index (χ0n) is 19.3. The van der Waals surface area contributed by atoms with Crippen molar-refractivity contribution in [3.63, 3.8) is 0 Å². The maximum atomic E-state index is 13.0. The van der Waals surface area contributed by atoms with Gasteiger partial charge in [0.25, 0.3) is 0 Å². The summed E-state index contributed by atoms with van der Waals surface area (Å²) in [6.07, 6.45) is 1.79. The van der Waals surface area contributed by atoms with Crippen molar-refractivity contribution in [3.05, 3.63) is 0 Å². The number of carbonyl (C=O) groups excluding carboxylic acids is 3. The lowest BCUT2D eigenvalue weighted by atomic mass is 9.71. The van der Waals surface area contributed by atoms with Gasteiger partial charge in [0.05, 0.1) is 0 Å². The van der Waals surface area contributed by atoms with Crippen LogP contribution in [0.5, 0.6) is 0 Å². The molecule has 170 valence electrons. The minimum atomic E-state index is -0.645. The third-order valence-electron chi connectivity index (χ3n) is 4.83. The second kappa shape index (κ2) is 13.5. The highest BCUT2D eigenvalue weighted by Gasteiger charge is 2.39. The molecule has 0 saturated carbocycles. The van der Waals surface area contributed by atoms with Crippen LogP contribution < -0.4 is 21.8 Å². The number of amides is 3. The van der Waals surface area contributed by atoms with Crippen molar-refractivity contribution < 1.29 is 19.2 Å². The van der Waals surface area contributed by atoms with Gasteiger partial charge in [0.1, 0.15) is 6.61 Å². The molecule has 0 fully saturated rings. The first-order valence-corrected chi connectivity index (χ1v) is 10.6. The Kier molecular flexibility index (Phi) is 12.8. The Morgan fingerprint density at radius 2 is 1.55 bits per heavy atom. The van der Waals surface area contributed by atoms with Crippen molar-refractivity contribution in [1.82, 2.24) is 16.0 Å². The molecule has 0 aliphatic carbocycles. The lowest BCUT2D eigenvalue weighted by Gasteiger charge is -2.35. The van der Waals surface area contributed by atoms with E-state index in [2.05, 4.69) is 34.6 Å². The molecule has 0 spiro atoms. The molecule has 8 nitrogen and oxygen atoms in total. The Hall–Kier alpha value is -1.67. The molecule has 0 aromatic heterocycles. The highest BCUT2D eigenvalue weighted by Crippen LogP contribution is 2.36. The minimum absolute atomic E-state index is 0.00242. The highest BCUT2D eigenvalue weighted by atomic mass is 16.6. The predicted octanol–water partition coefficient (Wildman–Crippen LogP) is 1.74. The van der Waals surface area contributed by atoms with Gasteiger partial charge in [-0.2, -0.15) is 0 Å². The number of nitrogens with one attached hydrogen (secondary N) is 3. The van der Waals surface area contributed by atoms with E-state index < -0.39 is 5.41 Å². The molecule has 0 heterocycles. The van der Waals surface area contributed by atoms with E-state index in [0.717, 1.165) is 0 Å². The minimum Gasteiger partial charge on any atom is -0.356 e. The summed E-state index contributed by atoms with van der Waals surface area (Å²) >= 11 is 0. The molecule has 2 atom stereocenters. The average molecular weight is 415 g/mol. The van der Waals surface area contributed by atoms with E-state index in [4.69, 9.17) is 5.90 Å². The Bertz CT molecular complexity index is 523. The number of carbonyl (C=O) groups is 3. The predicted molar refractivity (Wildman–Crippen MR) is 115 cm³/mol. The molecule has 3 amide bonds. The monoisotopic (exact) mass is 414 g/mol. The molecule has 0 aromatic carbocycles. The van der Waals surface area contributed by atoms with Crippen LogP contribution in [0.15, 0.2) is 0 Å². The maximum Gasteiger partial charge on any atom is 0.248 e. The first-order chi connectivity index (χ1) is 13.4. The second-order valence-electron chi connectivity index (χ2n) is 9.15. The van der Waals surface area contributed by atoms with Crippen molar-refractivity contribution in [1.29, 1.82) is 0 Å². The van der Waals surface area contributed by atoms with E-state index in [1.165, 1.54) is 0 Å². The zero-order valence-corrected chi connectivity index (χ0v) is 19.3. The summed E-state index contributed by atoms with van der Waals surface area (Å²) < 4.78 is 0. The van der Waals surface area contributed by atoms with Crippen LogP contribution in [0.25, 0.3) is 0 Å². The molecule has 0 rings (SSSR count). The molecule has 8 heteroatoms. The largest absolute Gasteiger partial charge is 0.356 e. The molecule has 0 aliphatic rings. The Morgan fingerprint density at radius 1 is 0.966 bits per heavy atom. The molecule has 0 saturated heterocycles. The standard InChI is InChI=1S/C21H42N4O4/c1-14(2)11-21(7,12-17(15(3)4)19(27)25-16(5)6)20(28)24-10-8-9-23-18(26)13-29-22/h14-17H,8-13,22H2,1-7H3,(H,23,26)(H,24,28)(H,25,27). The van der Waals surface area contributed by atoms with Gasteiger partial charge >= 0.3 is 0 Å². The van der Waals surface area contributed by atoms with E-state index >= 15 is 0 Å². The lowest BCUT2D eigenvalue weighted by Crippen LogP contribution is -2.46. The van der Waals surface area contributed by atoms with Gasteiger partial charge in [0.15, 0.2) is 0 Å². The fourth-order valence-corrected chi connectivity index (χ4v) is 3.54. The van der Waals surface area contributed by atoms with Crippen LogP contribution in [0.2, 0.25) is 0 Å². The fourth-order valence-electron chi connectivity index (χ4n) is 3.54. The van der Waals surface area contributed by atoms with Gasteiger partial charge in [-0.05, 0) is 44.9 Å². The number of rotatable bonds is 14. The molecule has 5 N–H and O–H groups in total. The smallest absolute Gasteiger partial charge is 0.248 e. The molecule has 0 radical (unpaired) electrons. The Morgan fingerprint density at radius 3 is 2.03 bits per heavy atom. The van der Waals surface area contributed by atoms with Crippen LogP contribution in [-0.2, 0) is 19.2 Å². The van der Waals surface area contributed by atoms with Gasteiger partial charge in [-0.25, -0.2) is 5.90 Å². The fraction of sp³-hybridized carbons (Fsp3) is 0.857. The quantitative estimate of drug-likeness (QED) is 0.255. The summed E-state index contributed by atoms with van der Waals surface area (Å²) in [6, 6.07) is 0.0637. The van der Waals surface area contributed by atoms with Crippen molar-refractivity contribution in [3.8, 4) is 0 Å². The topological polar surface area (TPSA) is 123 Å². The van der Waals surface area contributed by atoms with Crippen molar-refractivity contribution in [2.24, 2.45) is 29.1 Å². The molecular formula is C21H42N4O4. The molecular weight excluding hydrogens is 372 g/mol. The van der Waals surface area contributed by atoms with Crippen LogP contribution in [-0.4, -0.2) is 43.5 Å². The van der Waals surface area contributed by atoms with Crippen LogP contribution in [0.4, 0.5) is 0 Å². The van der Waals surface area contributed by atoms with Crippen molar-refractivity contribution >= 4 is 17.7 Å². The normalized spacial score (nSPS) is 14.6. The molecule has 2 unspecified atom stereocenters. The Balaban J connectivity index is 4.97. The lowest BCUT2D eigenvalue weighted by molar-refractivity contribution is -0.135. The van der Waals surface area contributed by atoms with E-state index in [9.17, 15) is 14.4 Å². The van der Waals surface area contributed by atoms with E-state index in [1.54, 1.807) is 0 Å².